The van der Waals surface area contributed by atoms with Gasteiger partial charge in [0.05, 0.1) is 0 Å². The van der Waals surface area contributed by atoms with Crippen LogP contribution in [0.4, 0.5) is 0 Å². The molecule has 6 nitrogen and oxygen atoms in total. The van der Waals surface area contributed by atoms with Crippen molar-refractivity contribution in [2.24, 2.45) is 11.5 Å². The van der Waals surface area contributed by atoms with Gasteiger partial charge in [-0.05, 0) is 61.3 Å². The summed E-state index contributed by atoms with van der Waals surface area (Å²) in [5.74, 6) is -0.358. The van der Waals surface area contributed by atoms with E-state index in [1.165, 1.54) is 24.3 Å². The molecule has 0 saturated heterocycles. The van der Waals surface area contributed by atoms with Crippen molar-refractivity contribution >= 4 is 0 Å². The highest BCUT2D eigenvalue weighted by atomic mass is 16.3. The zero-order chi connectivity index (χ0) is 16.5. The number of nitrogens with two attached hydrogens (primary N) is 2. The first kappa shape index (κ1) is 17.6. The molecule has 2 aromatic rings. The fraction of sp³-hybridized carbons (Fsp3) is 0.250. The van der Waals surface area contributed by atoms with Gasteiger partial charge in [-0.15, -0.1) is 0 Å². The summed E-state index contributed by atoms with van der Waals surface area (Å²) >= 11 is 0. The van der Waals surface area contributed by atoms with Gasteiger partial charge in [0.25, 0.3) is 0 Å². The summed E-state index contributed by atoms with van der Waals surface area (Å²) in [5.41, 5.74) is 12.5. The number of hydrogen-bond acceptors (Lipinski definition) is 6. The molecule has 2 aromatic carbocycles. The van der Waals surface area contributed by atoms with Crippen LogP contribution in [0.15, 0.2) is 36.4 Å². The van der Waals surface area contributed by atoms with E-state index in [9.17, 15) is 0 Å². The predicted octanol–water partition coefficient (Wildman–Crippen LogP) is 1.20. The lowest BCUT2D eigenvalue weighted by atomic mass is 10.1. The summed E-state index contributed by atoms with van der Waals surface area (Å²) in [6.45, 7) is 1.09. The molecule has 0 atom stereocenters. The number of phenols is 4. The van der Waals surface area contributed by atoms with E-state index in [-0.39, 0.29) is 23.0 Å². The molecule has 0 radical (unpaired) electrons. The van der Waals surface area contributed by atoms with Gasteiger partial charge in [-0.2, -0.15) is 0 Å². The Bertz CT molecular complexity index is 549. The zero-order valence-electron chi connectivity index (χ0n) is 12.2. The molecule has 0 amide bonds. The van der Waals surface area contributed by atoms with Crippen LogP contribution < -0.4 is 11.5 Å². The lowest BCUT2D eigenvalue weighted by Gasteiger charge is -2.00. The molecule has 6 heteroatoms. The van der Waals surface area contributed by atoms with Crippen LogP contribution in [0.3, 0.4) is 0 Å². The van der Waals surface area contributed by atoms with E-state index in [1.54, 1.807) is 12.1 Å². The van der Waals surface area contributed by atoms with E-state index in [4.69, 9.17) is 31.9 Å². The minimum absolute atomic E-state index is 0.0871. The summed E-state index contributed by atoms with van der Waals surface area (Å²) < 4.78 is 0. The molecule has 0 aromatic heterocycles. The standard InChI is InChI=1S/2C8H11NO2/c2*9-4-3-6-1-2-7(10)8(11)5-6/h2*1-2,5,10-11H,3-4,9H2. The largest absolute Gasteiger partial charge is 0.504 e. The Morgan fingerprint density at radius 3 is 1.23 bits per heavy atom. The summed E-state index contributed by atoms with van der Waals surface area (Å²) in [7, 11) is 0. The average Bonchev–Trinajstić information content (AvgIpc) is 2.48. The van der Waals surface area contributed by atoms with E-state index in [2.05, 4.69) is 0 Å². The van der Waals surface area contributed by atoms with Gasteiger partial charge in [0, 0.05) is 0 Å². The smallest absolute Gasteiger partial charge is 0.157 e. The van der Waals surface area contributed by atoms with Crippen LogP contribution in [0, 0.1) is 0 Å². The Morgan fingerprint density at radius 1 is 0.591 bits per heavy atom. The van der Waals surface area contributed by atoms with Crippen molar-refractivity contribution in [1.82, 2.24) is 0 Å². The van der Waals surface area contributed by atoms with E-state index >= 15 is 0 Å². The molecule has 0 aliphatic rings. The van der Waals surface area contributed by atoms with E-state index in [0.717, 1.165) is 11.1 Å². The number of phenolic OH excluding ortho intramolecular Hbond substituents is 4. The summed E-state index contributed by atoms with van der Waals surface area (Å²) in [6, 6.07) is 9.43. The van der Waals surface area contributed by atoms with Gasteiger partial charge in [-0.25, -0.2) is 0 Å². The third kappa shape index (κ3) is 5.51. The molecule has 120 valence electrons. The van der Waals surface area contributed by atoms with Crippen molar-refractivity contribution in [2.75, 3.05) is 13.1 Å². The van der Waals surface area contributed by atoms with Crippen molar-refractivity contribution in [3.05, 3.63) is 47.5 Å². The van der Waals surface area contributed by atoms with Crippen LogP contribution in [0.25, 0.3) is 0 Å². The van der Waals surface area contributed by atoms with Gasteiger partial charge in [-0.3, -0.25) is 0 Å². The quantitative estimate of drug-likeness (QED) is 0.470. The van der Waals surface area contributed by atoms with Gasteiger partial charge < -0.3 is 31.9 Å². The first-order chi connectivity index (χ1) is 10.5. The molecule has 2 rings (SSSR count). The van der Waals surface area contributed by atoms with Gasteiger partial charge in [0.15, 0.2) is 23.0 Å². The van der Waals surface area contributed by atoms with E-state index in [0.29, 0.717) is 25.9 Å². The minimum atomic E-state index is -0.0919. The van der Waals surface area contributed by atoms with Crippen LogP contribution >= 0.6 is 0 Å². The molecular formula is C16H22N2O4. The molecule has 8 N–H and O–H groups in total. The lowest BCUT2D eigenvalue weighted by molar-refractivity contribution is 0.403. The number of hydrogen-bond donors (Lipinski definition) is 6. The van der Waals surface area contributed by atoms with Crippen LogP contribution in [0.1, 0.15) is 11.1 Å². The maximum absolute atomic E-state index is 9.04. The molecule has 0 fully saturated rings. The summed E-state index contributed by atoms with van der Waals surface area (Å²) in [6.07, 6.45) is 1.43. The highest BCUT2D eigenvalue weighted by molar-refractivity contribution is 5.41. The number of aromatic hydroxyl groups is 4. The van der Waals surface area contributed by atoms with E-state index in [1.807, 2.05) is 0 Å². The SMILES string of the molecule is NCCc1ccc(O)c(O)c1.NCCc1ccc(O)c(O)c1. The zero-order valence-corrected chi connectivity index (χ0v) is 12.2. The maximum Gasteiger partial charge on any atom is 0.157 e. The summed E-state index contributed by atoms with van der Waals surface area (Å²) in [4.78, 5) is 0. The third-order valence-electron chi connectivity index (χ3n) is 2.95. The topological polar surface area (TPSA) is 133 Å². The molecule has 0 bridgehead atoms. The molecular weight excluding hydrogens is 284 g/mol. The second kappa shape index (κ2) is 8.76. The van der Waals surface area contributed by atoms with Gasteiger partial charge in [0.1, 0.15) is 0 Å². The normalized spacial score (nSPS) is 9.91. The fourth-order valence-electron chi connectivity index (χ4n) is 1.78. The van der Waals surface area contributed by atoms with Crippen LogP contribution in [-0.4, -0.2) is 33.5 Å². The number of benzene rings is 2. The Balaban J connectivity index is 0.000000220. The van der Waals surface area contributed by atoms with Crippen molar-refractivity contribution < 1.29 is 20.4 Å². The fourth-order valence-corrected chi connectivity index (χ4v) is 1.78. The molecule has 0 saturated carbocycles. The first-order valence-corrected chi connectivity index (χ1v) is 6.89. The maximum atomic E-state index is 9.04. The van der Waals surface area contributed by atoms with Gasteiger partial charge in [0.2, 0.25) is 0 Å². The average molecular weight is 306 g/mol. The van der Waals surface area contributed by atoms with E-state index < -0.39 is 0 Å². The third-order valence-corrected chi connectivity index (χ3v) is 2.95. The van der Waals surface area contributed by atoms with Crippen molar-refractivity contribution in [1.29, 1.82) is 0 Å². The number of rotatable bonds is 4. The predicted molar refractivity (Wildman–Crippen MR) is 85.1 cm³/mol. The molecule has 0 aliphatic heterocycles. The second-order valence-electron chi connectivity index (χ2n) is 4.72. The first-order valence-electron chi connectivity index (χ1n) is 6.89. The van der Waals surface area contributed by atoms with Crippen LogP contribution in [0.2, 0.25) is 0 Å². The molecule has 22 heavy (non-hydrogen) atoms. The molecule has 0 spiro atoms. The Kier molecular flexibility index (Phi) is 7.01. The minimum Gasteiger partial charge on any atom is -0.504 e. The van der Waals surface area contributed by atoms with Crippen LogP contribution in [-0.2, 0) is 12.8 Å². The molecule has 0 aliphatic carbocycles. The van der Waals surface area contributed by atoms with Crippen molar-refractivity contribution in [2.45, 2.75) is 12.8 Å². The Hall–Kier alpha value is -2.44. The molecule has 0 heterocycles. The second-order valence-corrected chi connectivity index (χ2v) is 4.72. The van der Waals surface area contributed by atoms with Crippen LogP contribution in [0.5, 0.6) is 23.0 Å². The van der Waals surface area contributed by atoms with Gasteiger partial charge in [-0.1, -0.05) is 12.1 Å². The Morgan fingerprint density at radius 2 is 0.955 bits per heavy atom. The summed E-state index contributed by atoms with van der Waals surface area (Å²) in [5, 5.41) is 35.9. The van der Waals surface area contributed by atoms with Crippen molar-refractivity contribution in [3.63, 3.8) is 0 Å². The lowest BCUT2D eigenvalue weighted by Crippen LogP contribution is -2.02. The van der Waals surface area contributed by atoms with Gasteiger partial charge >= 0.3 is 0 Å². The monoisotopic (exact) mass is 306 g/mol. The Labute approximate surface area is 129 Å². The van der Waals surface area contributed by atoms with Crippen molar-refractivity contribution in [3.8, 4) is 23.0 Å². The molecule has 0 unspecified atom stereocenters. The highest BCUT2D eigenvalue weighted by Gasteiger charge is 1.99. The highest BCUT2D eigenvalue weighted by Crippen LogP contribution is 2.25.